The molecule has 0 spiro atoms. The van der Waals surface area contributed by atoms with Crippen LogP contribution in [0.4, 0.5) is 4.79 Å². The zero-order valence-corrected chi connectivity index (χ0v) is 14.0. The molecule has 0 unspecified atom stereocenters. The number of urea groups is 1. The molecule has 0 saturated heterocycles. The molecule has 0 heterocycles. The van der Waals surface area contributed by atoms with Crippen molar-refractivity contribution in [2.45, 2.75) is 6.92 Å². The Morgan fingerprint density at radius 3 is 2.71 bits per heavy atom. The van der Waals surface area contributed by atoms with Gasteiger partial charge in [0.25, 0.3) is 5.91 Å². The van der Waals surface area contributed by atoms with Crippen LogP contribution in [0.2, 0.25) is 5.02 Å². The highest BCUT2D eigenvalue weighted by Gasteiger charge is 2.11. The molecular formula is C13H16BrClN2O4. The molecule has 0 fully saturated rings. The highest BCUT2D eigenvalue weighted by molar-refractivity contribution is 9.10. The minimum Gasteiger partial charge on any atom is -0.482 e. The molecular weight excluding hydrogens is 364 g/mol. The number of amides is 3. The number of benzene rings is 1. The lowest BCUT2D eigenvalue weighted by molar-refractivity contribution is -0.122. The fourth-order valence-corrected chi connectivity index (χ4v) is 2.51. The number of aryl methyl sites for hydroxylation is 1. The third-order valence-electron chi connectivity index (χ3n) is 2.39. The average Bonchev–Trinajstić information content (AvgIpc) is 2.37. The monoisotopic (exact) mass is 378 g/mol. The standard InChI is InChI=1S/C13H16BrClN2O4/c1-8-5-9(14)6-10(15)12(8)21-7-11(18)17-13(19)16-3-4-20-2/h5-6H,3-4,7H2,1-2H3,(H2,16,17,18,19). The van der Waals surface area contributed by atoms with E-state index in [2.05, 4.69) is 26.6 Å². The van der Waals surface area contributed by atoms with Crippen LogP contribution in [0.3, 0.4) is 0 Å². The normalized spacial score (nSPS) is 10.1. The Labute approximate surface area is 136 Å². The van der Waals surface area contributed by atoms with Crippen molar-refractivity contribution >= 4 is 39.5 Å². The number of ether oxygens (including phenoxy) is 2. The van der Waals surface area contributed by atoms with E-state index in [1.54, 1.807) is 13.0 Å². The molecule has 116 valence electrons. The Morgan fingerprint density at radius 2 is 2.10 bits per heavy atom. The summed E-state index contributed by atoms with van der Waals surface area (Å²) in [6.45, 7) is 2.18. The number of nitrogens with one attached hydrogen (secondary N) is 2. The third-order valence-corrected chi connectivity index (χ3v) is 3.12. The van der Waals surface area contributed by atoms with E-state index in [1.807, 2.05) is 6.07 Å². The van der Waals surface area contributed by atoms with Crippen molar-refractivity contribution in [3.63, 3.8) is 0 Å². The fourth-order valence-electron chi connectivity index (χ4n) is 1.48. The molecule has 1 rings (SSSR count). The lowest BCUT2D eigenvalue weighted by Crippen LogP contribution is -2.42. The summed E-state index contributed by atoms with van der Waals surface area (Å²) in [7, 11) is 1.52. The predicted octanol–water partition coefficient (Wildman–Crippen LogP) is 2.26. The number of carbonyl (C=O) groups excluding carboxylic acids is 2. The number of methoxy groups -OCH3 is 1. The van der Waals surface area contributed by atoms with E-state index in [0.29, 0.717) is 23.9 Å². The maximum absolute atomic E-state index is 11.6. The summed E-state index contributed by atoms with van der Waals surface area (Å²) in [6, 6.07) is 2.88. The smallest absolute Gasteiger partial charge is 0.321 e. The van der Waals surface area contributed by atoms with Crippen LogP contribution >= 0.6 is 27.5 Å². The van der Waals surface area contributed by atoms with Gasteiger partial charge in [0.2, 0.25) is 0 Å². The Morgan fingerprint density at radius 1 is 1.38 bits per heavy atom. The van der Waals surface area contributed by atoms with Crippen LogP contribution < -0.4 is 15.4 Å². The third kappa shape index (κ3) is 6.33. The van der Waals surface area contributed by atoms with E-state index in [0.717, 1.165) is 10.0 Å². The molecule has 0 aliphatic heterocycles. The Kier molecular flexibility index (Phi) is 7.49. The van der Waals surface area contributed by atoms with Gasteiger partial charge in [-0.25, -0.2) is 4.79 Å². The quantitative estimate of drug-likeness (QED) is 0.743. The van der Waals surface area contributed by atoms with Crippen LogP contribution in [-0.2, 0) is 9.53 Å². The summed E-state index contributed by atoms with van der Waals surface area (Å²) >= 11 is 9.34. The van der Waals surface area contributed by atoms with Gasteiger partial charge >= 0.3 is 6.03 Å². The molecule has 0 atom stereocenters. The van der Waals surface area contributed by atoms with E-state index >= 15 is 0 Å². The van der Waals surface area contributed by atoms with E-state index in [4.69, 9.17) is 21.1 Å². The van der Waals surface area contributed by atoms with E-state index in [9.17, 15) is 9.59 Å². The van der Waals surface area contributed by atoms with Crippen molar-refractivity contribution in [1.29, 1.82) is 0 Å². The second kappa shape index (κ2) is 8.86. The van der Waals surface area contributed by atoms with Crippen molar-refractivity contribution in [1.82, 2.24) is 10.6 Å². The first-order valence-corrected chi connectivity index (χ1v) is 7.26. The van der Waals surface area contributed by atoms with Gasteiger partial charge in [-0.2, -0.15) is 0 Å². The average molecular weight is 380 g/mol. The molecule has 0 aliphatic rings. The van der Waals surface area contributed by atoms with Gasteiger partial charge in [0.05, 0.1) is 11.6 Å². The van der Waals surface area contributed by atoms with E-state index in [1.165, 1.54) is 7.11 Å². The van der Waals surface area contributed by atoms with Gasteiger partial charge < -0.3 is 14.8 Å². The summed E-state index contributed by atoms with van der Waals surface area (Å²) in [5.74, 6) is -0.155. The molecule has 0 aromatic heterocycles. The van der Waals surface area contributed by atoms with Crippen LogP contribution in [0.25, 0.3) is 0 Å². The van der Waals surface area contributed by atoms with Gasteiger partial charge in [0, 0.05) is 18.1 Å². The topological polar surface area (TPSA) is 76.7 Å². The molecule has 8 heteroatoms. The lowest BCUT2D eigenvalue weighted by atomic mass is 10.2. The molecule has 0 radical (unpaired) electrons. The second-order valence-electron chi connectivity index (χ2n) is 4.12. The molecule has 6 nitrogen and oxygen atoms in total. The van der Waals surface area contributed by atoms with Crippen LogP contribution in [0.5, 0.6) is 5.75 Å². The van der Waals surface area contributed by atoms with Gasteiger partial charge in [-0.15, -0.1) is 0 Å². The first-order chi connectivity index (χ1) is 9.93. The summed E-state index contributed by atoms with van der Waals surface area (Å²) in [4.78, 5) is 22.9. The molecule has 0 bridgehead atoms. The van der Waals surface area contributed by atoms with Crippen LogP contribution in [0, 0.1) is 6.92 Å². The molecule has 0 aliphatic carbocycles. The highest BCUT2D eigenvalue weighted by atomic mass is 79.9. The highest BCUT2D eigenvalue weighted by Crippen LogP contribution is 2.31. The van der Waals surface area contributed by atoms with Gasteiger partial charge in [0.1, 0.15) is 5.75 Å². The van der Waals surface area contributed by atoms with Crippen LogP contribution in [-0.4, -0.2) is 38.8 Å². The first kappa shape index (κ1) is 17.7. The zero-order chi connectivity index (χ0) is 15.8. The molecule has 21 heavy (non-hydrogen) atoms. The Balaban J connectivity index is 2.45. The maximum atomic E-state index is 11.6. The van der Waals surface area contributed by atoms with Gasteiger partial charge in [0.15, 0.2) is 6.61 Å². The van der Waals surface area contributed by atoms with Crippen molar-refractivity contribution in [2.75, 3.05) is 26.9 Å². The number of carbonyl (C=O) groups is 2. The number of imide groups is 1. The summed E-state index contributed by atoms with van der Waals surface area (Å²) in [6.07, 6.45) is 0. The molecule has 0 saturated carbocycles. The predicted molar refractivity (Wildman–Crippen MR) is 82.8 cm³/mol. The molecule has 1 aromatic carbocycles. The number of hydrogen-bond acceptors (Lipinski definition) is 4. The van der Waals surface area contributed by atoms with Crippen LogP contribution in [0.1, 0.15) is 5.56 Å². The molecule has 2 N–H and O–H groups in total. The first-order valence-electron chi connectivity index (χ1n) is 6.09. The number of halogens is 2. The van der Waals surface area contributed by atoms with Crippen LogP contribution in [0.15, 0.2) is 16.6 Å². The van der Waals surface area contributed by atoms with Gasteiger partial charge in [-0.1, -0.05) is 27.5 Å². The summed E-state index contributed by atoms with van der Waals surface area (Å²) in [5.41, 5.74) is 0.784. The maximum Gasteiger partial charge on any atom is 0.321 e. The minimum atomic E-state index is -0.598. The molecule has 3 amide bonds. The fraction of sp³-hybridized carbons (Fsp3) is 0.385. The second-order valence-corrected chi connectivity index (χ2v) is 5.44. The van der Waals surface area contributed by atoms with Crippen molar-refractivity contribution < 1.29 is 19.1 Å². The molecule has 1 aromatic rings. The van der Waals surface area contributed by atoms with Crippen molar-refractivity contribution in [3.8, 4) is 5.75 Å². The van der Waals surface area contributed by atoms with Crippen molar-refractivity contribution in [3.05, 3.63) is 27.2 Å². The summed E-state index contributed by atoms with van der Waals surface area (Å²) < 4.78 is 10.9. The zero-order valence-electron chi connectivity index (χ0n) is 11.7. The lowest BCUT2D eigenvalue weighted by Gasteiger charge is -2.11. The SMILES string of the molecule is COCCNC(=O)NC(=O)COc1c(C)cc(Br)cc1Cl. The summed E-state index contributed by atoms with van der Waals surface area (Å²) in [5, 5.41) is 4.98. The van der Waals surface area contributed by atoms with Gasteiger partial charge in [-0.05, 0) is 24.6 Å². The van der Waals surface area contributed by atoms with Gasteiger partial charge in [-0.3, -0.25) is 10.1 Å². The Hall–Kier alpha value is -1.31. The minimum absolute atomic E-state index is 0.306. The Bertz CT molecular complexity index is 502. The largest absolute Gasteiger partial charge is 0.482 e. The number of rotatable bonds is 6. The number of hydrogen-bond donors (Lipinski definition) is 2. The van der Waals surface area contributed by atoms with E-state index < -0.39 is 11.9 Å². The van der Waals surface area contributed by atoms with E-state index in [-0.39, 0.29) is 6.61 Å². The van der Waals surface area contributed by atoms with Crippen molar-refractivity contribution in [2.24, 2.45) is 0 Å².